The lowest BCUT2D eigenvalue weighted by atomic mass is 9.92. The summed E-state index contributed by atoms with van der Waals surface area (Å²) >= 11 is 7.52. The number of carbonyl (C=O) groups is 2. The van der Waals surface area contributed by atoms with E-state index in [0.29, 0.717) is 5.92 Å². The molecule has 3 aliphatic heterocycles. The van der Waals surface area contributed by atoms with Crippen LogP contribution in [0.4, 0.5) is 0 Å². The SMILES string of the molecule is CSC1OC(C(NC(=O)C2CC[C@H](CCCN3CCCCC3)CCN2)C(C)Cl)C(O)C(O)C1=O. The number of piperidine rings is 1. The number of ether oxygens (including phenoxy) is 1. The minimum atomic E-state index is -1.56. The van der Waals surface area contributed by atoms with Crippen molar-refractivity contribution in [3.05, 3.63) is 0 Å². The molecule has 8 nitrogen and oxygen atoms in total. The van der Waals surface area contributed by atoms with Gasteiger partial charge in [-0.15, -0.1) is 23.4 Å². The minimum absolute atomic E-state index is 0.186. The molecule has 0 aliphatic carbocycles. The molecule has 196 valence electrons. The summed E-state index contributed by atoms with van der Waals surface area (Å²) in [5, 5.41) is 26.4. The van der Waals surface area contributed by atoms with Crippen molar-refractivity contribution in [2.45, 2.75) is 99.5 Å². The lowest BCUT2D eigenvalue weighted by Crippen LogP contribution is -2.64. The zero-order valence-electron chi connectivity index (χ0n) is 20.5. The Labute approximate surface area is 212 Å². The number of ketones is 1. The fraction of sp³-hybridized carbons (Fsp3) is 0.917. The van der Waals surface area contributed by atoms with Crippen molar-refractivity contribution < 1.29 is 24.5 Å². The number of carbonyl (C=O) groups excluding carboxylic acids is 2. The Morgan fingerprint density at radius 2 is 2.00 bits per heavy atom. The quantitative estimate of drug-likeness (QED) is 0.339. The number of hydrogen-bond donors (Lipinski definition) is 4. The first-order valence-electron chi connectivity index (χ1n) is 12.8. The summed E-state index contributed by atoms with van der Waals surface area (Å²) in [7, 11) is 0. The van der Waals surface area contributed by atoms with E-state index in [4.69, 9.17) is 16.3 Å². The Balaban J connectivity index is 1.50. The van der Waals surface area contributed by atoms with Crippen molar-refractivity contribution in [3.8, 4) is 0 Å². The zero-order valence-corrected chi connectivity index (χ0v) is 22.0. The molecule has 3 rings (SSSR count). The second kappa shape index (κ2) is 13.8. The fourth-order valence-corrected chi connectivity index (χ4v) is 6.20. The third-order valence-electron chi connectivity index (χ3n) is 7.50. The van der Waals surface area contributed by atoms with E-state index in [2.05, 4.69) is 15.5 Å². The predicted octanol–water partition coefficient (Wildman–Crippen LogP) is 1.50. The molecule has 10 heteroatoms. The highest BCUT2D eigenvalue weighted by Crippen LogP contribution is 2.28. The molecule has 7 unspecified atom stereocenters. The van der Waals surface area contributed by atoms with Gasteiger partial charge in [0.15, 0.2) is 5.44 Å². The summed E-state index contributed by atoms with van der Waals surface area (Å²) in [6.07, 6.45) is 6.91. The highest BCUT2D eigenvalue weighted by molar-refractivity contribution is 7.99. The molecule has 34 heavy (non-hydrogen) atoms. The van der Waals surface area contributed by atoms with Crippen LogP contribution in [0.5, 0.6) is 0 Å². The van der Waals surface area contributed by atoms with Crippen molar-refractivity contribution in [2.75, 3.05) is 32.4 Å². The van der Waals surface area contributed by atoms with Crippen molar-refractivity contribution in [2.24, 2.45) is 5.92 Å². The molecule has 1 amide bonds. The van der Waals surface area contributed by atoms with E-state index in [1.807, 2.05) is 0 Å². The summed E-state index contributed by atoms with van der Waals surface area (Å²) in [5.74, 6) is -0.139. The lowest BCUT2D eigenvalue weighted by Gasteiger charge is -2.40. The van der Waals surface area contributed by atoms with Crippen LogP contribution in [0.25, 0.3) is 0 Å². The minimum Gasteiger partial charge on any atom is -0.387 e. The van der Waals surface area contributed by atoms with Gasteiger partial charge in [0.05, 0.1) is 17.5 Å². The summed E-state index contributed by atoms with van der Waals surface area (Å²) in [6, 6.07) is -1.08. The van der Waals surface area contributed by atoms with Crippen molar-refractivity contribution in [1.29, 1.82) is 0 Å². The van der Waals surface area contributed by atoms with Gasteiger partial charge in [-0.3, -0.25) is 9.59 Å². The number of rotatable bonds is 9. The van der Waals surface area contributed by atoms with Crippen LogP contribution in [0.1, 0.15) is 58.3 Å². The Hall–Kier alpha value is -0.420. The highest BCUT2D eigenvalue weighted by atomic mass is 35.5. The first kappa shape index (κ1) is 28.2. The molecule has 0 aromatic carbocycles. The van der Waals surface area contributed by atoms with Crippen LogP contribution in [0.2, 0.25) is 0 Å². The summed E-state index contributed by atoms with van der Waals surface area (Å²) in [4.78, 5) is 27.8. The molecule has 3 aliphatic rings. The van der Waals surface area contributed by atoms with Crippen molar-refractivity contribution in [1.82, 2.24) is 15.5 Å². The monoisotopic (exact) mass is 519 g/mol. The normalized spacial score (nSPS) is 35.4. The number of amides is 1. The number of halogens is 1. The predicted molar refractivity (Wildman–Crippen MR) is 135 cm³/mol. The second-order valence-electron chi connectivity index (χ2n) is 10.0. The standard InChI is InChI=1S/C24H42ClN3O5S/c1-15(25)18(22-20(30)19(29)21(31)24(33-22)34-2)27-23(32)17-9-8-16(10-11-26-17)7-6-14-28-12-4-3-5-13-28/h15-20,22,24,26,29-30H,3-14H2,1-2H3,(H,27,32)/t15?,16-,17?,18?,19?,20?,22?,24?/m0/s1. The maximum atomic E-state index is 13.1. The van der Waals surface area contributed by atoms with Crippen LogP contribution in [-0.4, -0.2) is 100 Å². The number of thioether (sulfide) groups is 1. The van der Waals surface area contributed by atoms with E-state index in [1.54, 1.807) is 13.2 Å². The molecule has 3 saturated heterocycles. The van der Waals surface area contributed by atoms with Gasteiger partial charge in [-0.1, -0.05) is 6.42 Å². The Bertz CT molecular complexity index is 663. The molecule has 3 heterocycles. The number of Topliss-reactive ketones (excluding diaryl/α,β-unsaturated/α-hetero) is 1. The Morgan fingerprint density at radius 3 is 2.68 bits per heavy atom. The van der Waals surface area contributed by atoms with Gasteiger partial charge >= 0.3 is 0 Å². The van der Waals surface area contributed by atoms with Gasteiger partial charge in [0.25, 0.3) is 0 Å². The van der Waals surface area contributed by atoms with Crippen molar-refractivity contribution >= 4 is 35.1 Å². The van der Waals surface area contributed by atoms with Crippen LogP contribution in [-0.2, 0) is 14.3 Å². The first-order chi connectivity index (χ1) is 16.3. The van der Waals surface area contributed by atoms with Gasteiger partial charge in [0, 0.05) is 0 Å². The van der Waals surface area contributed by atoms with E-state index in [-0.39, 0.29) is 11.9 Å². The molecule has 4 N–H and O–H groups in total. The number of likely N-dealkylation sites (tertiary alicyclic amines) is 1. The van der Waals surface area contributed by atoms with Crippen LogP contribution >= 0.6 is 23.4 Å². The molecular formula is C24H42ClN3O5S. The van der Waals surface area contributed by atoms with Gasteiger partial charge < -0.3 is 30.5 Å². The fourth-order valence-electron chi connectivity index (χ4n) is 5.38. The number of nitrogens with zero attached hydrogens (tertiary/aromatic N) is 1. The second-order valence-corrected chi connectivity index (χ2v) is 11.6. The van der Waals surface area contributed by atoms with Crippen LogP contribution in [0.3, 0.4) is 0 Å². The highest BCUT2D eigenvalue weighted by Gasteiger charge is 2.48. The van der Waals surface area contributed by atoms with Gasteiger partial charge in [-0.2, -0.15) is 0 Å². The molecule has 0 bridgehead atoms. The van der Waals surface area contributed by atoms with E-state index >= 15 is 0 Å². The Kier molecular flexibility index (Phi) is 11.4. The average molecular weight is 520 g/mol. The molecule has 0 radical (unpaired) electrons. The van der Waals surface area contributed by atoms with E-state index in [0.717, 1.165) is 37.6 Å². The van der Waals surface area contributed by atoms with Gasteiger partial charge in [0.2, 0.25) is 11.7 Å². The smallest absolute Gasteiger partial charge is 0.237 e. The van der Waals surface area contributed by atoms with Gasteiger partial charge in [0.1, 0.15) is 18.3 Å². The first-order valence-corrected chi connectivity index (χ1v) is 14.5. The summed E-state index contributed by atoms with van der Waals surface area (Å²) in [5.41, 5.74) is -0.903. The molecule has 0 spiro atoms. The molecule has 0 aromatic heterocycles. The number of hydrogen-bond acceptors (Lipinski definition) is 8. The van der Waals surface area contributed by atoms with E-state index in [1.165, 1.54) is 51.7 Å². The van der Waals surface area contributed by atoms with Gasteiger partial charge in [-0.05, 0) is 90.2 Å². The molecule has 8 atom stereocenters. The van der Waals surface area contributed by atoms with E-state index in [9.17, 15) is 19.8 Å². The number of aliphatic hydroxyl groups excluding tert-OH is 2. The van der Waals surface area contributed by atoms with Crippen LogP contribution in [0, 0.1) is 5.92 Å². The molecular weight excluding hydrogens is 478 g/mol. The summed E-state index contributed by atoms with van der Waals surface area (Å²) in [6.45, 7) is 6.14. The lowest BCUT2D eigenvalue weighted by molar-refractivity contribution is -0.175. The third kappa shape index (κ3) is 7.54. The third-order valence-corrected chi connectivity index (χ3v) is 8.54. The Morgan fingerprint density at radius 1 is 1.26 bits per heavy atom. The maximum absolute atomic E-state index is 13.1. The number of aliphatic hydroxyl groups is 2. The van der Waals surface area contributed by atoms with Gasteiger partial charge in [-0.25, -0.2) is 0 Å². The largest absolute Gasteiger partial charge is 0.387 e. The maximum Gasteiger partial charge on any atom is 0.237 e. The molecule has 0 saturated carbocycles. The molecule has 3 fully saturated rings. The average Bonchev–Trinajstić information content (AvgIpc) is 3.08. The van der Waals surface area contributed by atoms with Crippen molar-refractivity contribution in [3.63, 3.8) is 0 Å². The number of alkyl halides is 1. The van der Waals surface area contributed by atoms with Crippen LogP contribution in [0.15, 0.2) is 0 Å². The summed E-state index contributed by atoms with van der Waals surface area (Å²) < 4.78 is 5.76. The zero-order chi connectivity index (χ0) is 24.7. The van der Waals surface area contributed by atoms with Crippen LogP contribution < -0.4 is 10.6 Å². The number of nitrogens with one attached hydrogen (secondary N) is 2. The molecule has 0 aromatic rings. The van der Waals surface area contributed by atoms with E-state index < -0.39 is 41.0 Å². The topological polar surface area (TPSA) is 111 Å².